The number of hydrogen-bond donors (Lipinski definition) is 0. The number of ether oxygens (including phenoxy) is 2. The molecule has 0 saturated heterocycles. The van der Waals surface area contributed by atoms with Gasteiger partial charge in [0.2, 0.25) is 0 Å². The summed E-state index contributed by atoms with van der Waals surface area (Å²) in [5.74, 6) is 0.407. The van der Waals surface area contributed by atoms with Crippen LogP contribution in [-0.2, 0) is 9.53 Å². The van der Waals surface area contributed by atoms with Gasteiger partial charge in [-0.15, -0.1) is 11.8 Å². The summed E-state index contributed by atoms with van der Waals surface area (Å²) < 4.78 is 23.7. The number of hydrogen-bond acceptors (Lipinski definition) is 4. The van der Waals surface area contributed by atoms with Crippen LogP contribution in [0.25, 0.3) is 11.1 Å². The molecule has 1 aliphatic rings. The zero-order valence-corrected chi connectivity index (χ0v) is 18.3. The molecular weight excluding hydrogens is 411 g/mol. The fourth-order valence-corrected chi connectivity index (χ4v) is 4.08. The number of benzene rings is 2. The Morgan fingerprint density at radius 3 is 2.59 bits per heavy atom. The maximum Gasteiger partial charge on any atom is 0.313 e. The zero-order valence-electron chi connectivity index (χ0n) is 16.8. The highest BCUT2D eigenvalue weighted by atomic mass is 35.5. The molecular formula is C23H26ClFO3S. The molecule has 0 N–H and O–H groups in total. The summed E-state index contributed by atoms with van der Waals surface area (Å²) >= 11 is 8.21. The molecule has 0 radical (unpaired) electrons. The zero-order chi connectivity index (χ0) is 20.8. The van der Waals surface area contributed by atoms with Crippen molar-refractivity contribution in [1.29, 1.82) is 0 Å². The Balaban J connectivity index is 2.04. The Hall–Kier alpha value is -1.72. The van der Waals surface area contributed by atoms with Crippen molar-refractivity contribution in [3.63, 3.8) is 0 Å². The average molecular weight is 437 g/mol. The number of carbonyl (C=O) groups is 1. The molecule has 1 atom stereocenters. The molecule has 0 heterocycles. The Bertz CT molecular complexity index is 837. The second kappa shape index (κ2) is 10.4. The van der Waals surface area contributed by atoms with Crippen molar-refractivity contribution >= 4 is 29.3 Å². The van der Waals surface area contributed by atoms with Crippen molar-refractivity contribution in [1.82, 2.24) is 0 Å². The van der Waals surface area contributed by atoms with E-state index in [9.17, 15) is 9.18 Å². The molecule has 0 bridgehead atoms. The number of carbonyl (C=O) groups excluding carboxylic acids is 1. The van der Waals surface area contributed by atoms with Crippen LogP contribution in [0.15, 0.2) is 41.3 Å². The minimum absolute atomic E-state index is 0.0711. The quantitative estimate of drug-likeness (QED) is 0.313. The third kappa shape index (κ3) is 5.67. The summed E-state index contributed by atoms with van der Waals surface area (Å²) in [6.45, 7) is 1.48. The Kier molecular flexibility index (Phi) is 7.84. The molecule has 3 nitrogen and oxygen atoms in total. The fourth-order valence-electron chi connectivity index (χ4n) is 3.39. The second-order valence-electron chi connectivity index (χ2n) is 7.13. The predicted octanol–water partition coefficient (Wildman–Crippen LogP) is 6.52. The molecule has 1 fully saturated rings. The van der Waals surface area contributed by atoms with E-state index in [1.54, 1.807) is 17.8 Å². The Morgan fingerprint density at radius 1 is 1.28 bits per heavy atom. The molecule has 0 aromatic heterocycles. The third-order valence-corrected chi connectivity index (χ3v) is 6.05. The molecule has 1 saturated carbocycles. The molecule has 0 amide bonds. The van der Waals surface area contributed by atoms with Gasteiger partial charge in [-0.3, -0.25) is 4.79 Å². The van der Waals surface area contributed by atoms with Crippen LogP contribution in [0, 0.1) is 5.92 Å². The van der Waals surface area contributed by atoms with Crippen LogP contribution in [0.4, 0.5) is 4.39 Å². The van der Waals surface area contributed by atoms with Gasteiger partial charge in [0, 0.05) is 10.5 Å². The van der Waals surface area contributed by atoms with E-state index in [0.29, 0.717) is 23.3 Å². The van der Waals surface area contributed by atoms with Gasteiger partial charge < -0.3 is 9.47 Å². The molecule has 0 spiro atoms. The molecule has 6 heteroatoms. The minimum Gasteiger partial charge on any atom is -0.489 e. The van der Waals surface area contributed by atoms with Gasteiger partial charge >= 0.3 is 5.97 Å². The van der Waals surface area contributed by atoms with E-state index in [0.717, 1.165) is 40.8 Å². The summed E-state index contributed by atoms with van der Waals surface area (Å²) in [5, 5.41) is 0.380. The van der Waals surface area contributed by atoms with Gasteiger partial charge in [0.05, 0.1) is 17.5 Å². The van der Waals surface area contributed by atoms with E-state index < -0.39 is 6.67 Å². The van der Waals surface area contributed by atoms with Gasteiger partial charge in [0.25, 0.3) is 0 Å². The lowest BCUT2D eigenvalue weighted by molar-refractivity contribution is -0.145. The monoisotopic (exact) mass is 436 g/mol. The van der Waals surface area contributed by atoms with Gasteiger partial charge in [-0.1, -0.05) is 36.6 Å². The van der Waals surface area contributed by atoms with Crippen molar-refractivity contribution in [2.75, 3.05) is 26.1 Å². The van der Waals surface area contributed by atoms with Gasteiger partial charge in [-0.25, -0.2) is 4.39 Å². The summed E-state index contributed by atoms with van der Waals surface area (Å²) in [5.41, 5.74) is 2.49. The van der Waals surface area contributed by atoms with Crippen LogP contribution in [0.5, 0.6) is 5.75 Å². The lowest BCUT2D eigenvalue weighted by Crippen LogP contribution is -2.17. The van der Waals surface area contributed by atoms with Crippen molar-refractivity contribution in [3.05, 3.63) is 47.0 Å². The molecule has 1 unspecified atom stereocenters. The van der Waals surface area contributed by atoms with Crippen LogP contribution in [0.3, 0.4) is 0 Å². The summed E-state index contributed by atoms with van der Waals surface area (Å²) in [7, 11) is 0. The number of alkyl halides is 1. The standard InChI is InChI=1S/C23H26ClFO3S/c1-3-27-23(26)20(12-15-4-5-15)17-13-19(16-6-8-18(29-2)9-7-16)22(21(24)14-17)28-11-10-25/h6-9,13-15,20H,3-5,10-12H2,1-2H3. The molecule has 2 aromatic rings. The first-order chi connectivity index (χ1) is 14.1. The smallest absolute Gasteiger partial charge is 0.313 e. The molecule has 29 heavy (non-hydrogen) atoms. The van der Waals surface area contributed by atoms with Crippen molar-refractivity contribution in [2.24, 2.45) is 5.92 Å². The number of esters is 1. The van der Waals surface area contributed by atoms with E-state index in [2.05, 4.69) is 0 Å². The first-order valence-electron chi connectivity index (χ1n) is 9.90. The third-order valence-electron chi connectivity index (χ3n) is 5.03. The van der Waals surface area contributed by atoms with Crippen LogP contribution in [0.2, 0.25) is 5.02 Å². The fraction of sp³-hybridized carbons (Fsp3) is 0.435. The van der Waals surface area contributed by atoms with Gasteiger partial charge in [-0.05, 0) is 60.9 Å². The number of thioether (sulfide) groups is 1. The van der Waals surface area contributed by atoms with Crippen LogP contribution >= 0.6 is 23.4 Å². The first-order valence-corrected chi connectivity index (χ1v) is 11.5. The topological polar surface area (TPSA) is 35.5 Å². The molecule has 2 aromatic carbocycles. The summed E-state index contributed by atoms with van der Waals surface area (Å²) in [6, 6.07) is 11.7. The summed E-state index contributed by atoms with van der Waals surface area (Å²) in [6.07, 6.45) is 5.06. The molecule has 1 aliphatic carbocycles. The highest BCUT2D eigenvalue weighted by Gasteiger charge is 2.32. The lowest BCUT2D eigenvalue weighted by Gasteiger charge is -2.20. The van der Waals surface area contributed by atoms with Crippen LogP contribution in [-0.4, -0.2) is 32.1 Å². The highest BCUT2D eigenvalue weighted by molar-refractivity contribution is 7.98. The minimum atomic E-state index is -0.601. The van der Waals surface area contributed by atoms with E-state index in [4.69, 9.17) is 21.1 Å². The van der Waals surface area contributed by atoms with Crippen molar-refractivity contribution < 1.29 is 18.7 Å². The number of halogens is 2. The lowest BCUT2D eigenvalue weighted by atomic mass is 9.90. The van der Waals surface area contributed by atoms with Gasteiger partial charge in [-0.2, -0.15) is 0 Å². The van der Waals surface area contributed by atoms with Crippen molar-refractivity contribution in [3.8, 4) is 16.9 Å². The highest BCUT2D eigenvalue weighted by Crippen LogP contribution is 2.44. The van der Waals surface area contributed by atoms with Crippen molar-refractivity contribution in [2.45, 2.75) is 37.0 Å². The normalized spacial score (nSPS) is 14.5. The largest absolute Gasteiger partial charge is 0.489 e. The predicted molar refractivity (Wildman–Crippen MR) is 117 cm³/mol. The maximum atomic E-state index is 12.8. The van der Waals surface area contributed by atoms with E-state index >= 15 is 0 Å². The molecule has 156 valence electrons. The molecule has 3 rings (SSSR count). The van der Waals surface area contributed by atoms with Gasteiger partial charge in [0.15, 0.2) is 0 Å². The summed E-state index contributed by atoms with van der Waals surface area (Å²) in [4.78, 5) is 13.8. The molecule has 0 aliphatic heterocycles. The number of rotatable bonds is 10. The SMILES string of the molecule is CCOC(=O)C(CC1CC1)c1cc(Cl)c(OCCF)c(-c2ccc(SC)cc2)c1. The van der Waals surface area contributed by atoms with Gasteiger partial charge in [0.1, 0.15) is 19.0 Å². The van der Waals surface area contributed by atoms with Crippen LogP contribution in [0.1, 0.15) is 37.7 Å². The van der Waals surface area contributed by atoms with E-state index in [-0.39, 0.29) is 18.5 Å². The first kappa shape index (κ1) is 22.0. The van der Waals surface area contributed by atoms with E-state index in [1.807, 2.05) is 43.5 Å². The Labute approximate surface area is 180 Å². The van der Waals surface area contributed by atoms with Crippen LogP contribution < -0.4 is 4.74 Å². The second-order valence-corrected chi connectivity index (χ2v) is 8.42. The Morgan fingerprint density at radius 2 is 2.00 bits per heavy atom. The average Bonchev–Trinajstić information content (AvgIpc) is 3.55. The maximum absolute atomic E-state index is 12.8. The van der Waals surface area contributed by atoms with E-state index in [1.165, 1.54) is 0 Å².